The molecule has 0 atom stereocenters. The molecule has 0 spiro atoms. The Morgan fingerprint density at radius 2 is 1.27 bits per heavy atom. The third-order valence-corrected chi connectivity index (χ3v) is 4.10. The minimum Gasteiger partial charge on any atom is -0.478 e. The second-order valence-corrected chi connectivity index (χ2v) is 6.79. The number of thiocarbonyl (C=S) groups is 2. The normalized spacial score (nSPS) is 9.42. The van der Waals surface area contributed by atoms with Crippen molar-refractivity contribution >= 4 is 59.1 Å². The van der Waals surface area contributed by atoms with Crippen LogP contribution < -0.4 is 17.3 Å². The van der Waals surface area contributed by atoms with Crippen LogP contribution in [-0.2, 0) is 0 Å². The molecule has 0 aliphatic rings. The lowest BCUT2D eigenvalue weighted by Crippen LogP contribution is -2.37. The van der Waals surface area contributed by atoms with Gasteiger partial charge in [0.15, 0.2) is 16.5 Å². The van der Waals surface area contributed by atoms with E-state index in [-0.39, 0.29) is 26.9 Å². The average Bonchev–Trinajstić information content (AvgIpc) is 2.78. The highest BCUT2D eigenvalue weighted by atomic mass is 32.1. The lowest BCUT2D eigenvalue weighted by atomic mass is 10.1. The van der Waals surface area contributed by atoms with Gasteiger partial charge in [-0.15, -0.1) is 0 Å². The molecule has 0 amide bonds. The molecule has 0 saturated heterocycles. The number of carboxylic acid groups (broad SMARTS) is 2. The summed E-state index contributed by atoms with van der Waals surface area (Å²) >= 11 is 9.09. The van der Waals surface area contributed by atoms with Crippen LogP contribution in [0.2, 0.25) is 0 Å². The minimum absolute atomic E-state index is 0.0440. The van der Waals surface area contributed by atoms with Gasteiger partial charge < -0.3 is 21.7 Å². The maximum atomic E-state index is 10.9. The Morgan fingerprint density at radius 3 is 1.61 bits per heavy atom. The number of carboxylic acids is 2. The number of carbonyl (C=O) groups excluding carboxylic acids is 1. The number of benzene rings is 2. The largest absolute Gasteiger partial charge is 0.478 e. The molecule has 2 aromatic rings. The number of hydrazone groups is 1. The molecule has 0 fully saturated rings. The van der Waals surface area contributed by atoms with Crippen molar-refractivity contribution in [1.29, 1.82) is 0 Å². The predicted octanol–water partition coefficient (Wildman–Crippen LogP) is 1.13. The molecule has 8 N–H and O–H groups in total. The first-order valence-corrected chi connectivity index (χ1v) is 9.68. The molecule has 0 unspecified atom stereocenters. The third kappa shape index (κ3) is 11.3. The van der Waals surface area contributed by atoms with Gasteiger partial charge >= 0.3 is 11.9 Å². The van der Waals surface area contributed by atoms with Gasteiger partial charge in [0, 0.05) is 25.2 Å². The Balaban J connectivity index is 0.000000520. The van der Waals surface area contributed by atoms with Crippen LogP contribution in [0.15, 0.2) is 53.6 Å². The number of hydrogen-bond donors (Lipinski definition) is 5. The highest BCUT2D eigenvalue weighted by Crippen LogP contribution is 2.06. The van der Waals surface area contributed by atoms with Gasteiger partial charge in [0.2, 0.25) is 0 Å². The fourth-order valence-electron chi connectivity index (χ4n) is 1.80. The van der Waals surface area contributed by atoms with Gasteiger partial charge in [0.25, 0.3) is 0 Å². The summed E-state index contributed by atoms with van der Waals surface area (Å²) in [6.45, 7) is 0. The van der Waals surface area contributed by atoms with Gasteiger partial charge in [-0.2, -0.15) is 5.10 Å². The molecule has 0 saturated carbocycles. The average molecular weight is 493 g/mol. The van der Waals surface area contributed by atoms with Crippen LogP contribution in [-0.4, -0.2) is 69.0 Å². The summed E-state index contributed by atoms with van der Waals surface area (Å²) < 4.78 is 0. The van der Waals surface area contributed by atoms with Crippen molar-refractivity contribution in [1.82, 2.24) is 10.0 Å². The van der Waals surface area contributed by atoms with Crippen LogP contribution in [0.1, 0.15) is 36.6 Å². The van der Waals surface area contributed by atoms with Crippen LogP contribution in [0.4, 0.5) is 0 Å². The first-order chi connectivity index (χ1) is 15.4. The highest BCUT2D eigenvalue weighted by Gasteiger charge is 2.07. The maximum Gasteiger partial charge on any atom is 0.336 e. The van der Waals surface area contributed by atoms with Gasteiger partial charge in [0.1, 0.15) is 0 Å². The zero-order valence-corrected chi connectivity index (χ0v) is 19.4. The standard InChI is InChI=1S/C10H11N3O2S.C8H6O3.C2H7N3S/c1-13(10(11)16)12-6-7-4-2-3-5-8(7)9(14)15;9-5-6-3-1-2-4-7(6)8(10)11;1-5(4)2(3)6/h2-6H,1H3,(H2,11,16)(H,14,15);1-5H,(H,10,11);4H2,1H3,(H2,3,6)/b12-6+;;. The number of hydrazine groups is 1. The summed E-state index contributed by atoms with van der Waals surface area (Å²) in [6, 6.07) is 12.6. The van der Waals surface area contributed by atoms with Crippen molar-refractivity contribution in [2.45, 2.75) is 0 Å². The van der Waals surface area contributed by atoms with E-state index in [0.717, 1.165) is 0 Å². The lowest BCUT2D eigenvalue weighted by Gasteiger charge is -2.09. The van der Waals surface area contributed by atoms with Crippen molar-refractivity contribution < 1.29 is 24.6 Å². The first kappa shape index (κ1) is 29.1. The predicted molar refractivity (Wildman–Crippen MR) is 133 cm³/mol. The topological polar surface area (TPSA) is 189 Å². The maximum absolute atomic E-state index is 10.9. The molecule has 0 radical (unpaired) electrons. The van der Waals surface area contributed by atoms with Gasteiger partial charge in [-0.1, -0.05) is 36.4 Å². The van der Waals surface area contributed by atoms with Crippen LogP contribution in [0.5, 0.6) is 0 Å². The molecule has 0 heterocycles. The molecule has 0 aromatic heterocycles. The number of rotatable bonds is 5. The van der Waals surface area contributed by atoms with Crippen LogP contribution in [0.25, 0.3) is 0 Å². The molecule has 2 rings (SSSR count). The summed E-state index contributed by atoms with van der Waals surface area (Å²) in [5.41, 5.74) is 11.2. The van der Waals surface area contributed by atoms with Crippen molar-refractivity contribution in [3.05, 3.63) is 70.8 Å². The molecule has 33 heavy (non-hydrogen) atoms. The molecule has 0 aliphatic carbocycles. The fourth-order valence-corrected chi connectivity index (χ4v) is 1.85. The summed E-state index contributed by atoms with van der Waals surface area (Å²) in [7, 11) is 3.17. The Morgan fingerprint density at radius 1 is 0.879 bits per heavy atom. The van der Waals surface area contributed by atoms with Crippen molar-refractivity contribution in [3.8, 4) is 0 Å². The Hall–Kier alpha value is -3.94. The van der Waals surface area contributed by atoms with Crippen LogP contribution in [0, 0.1) is 0 Å². The van der Waals surface area contributed by atoms with Gasteiger partial charge in [-0.25, -0.2) is 20.4 Å². The van der Waals surface area contributed by atoms with Crippen LogP contribution in [0.3, 0.4) is 0 Å². The Labute approximate surface area is 201 Å². The third-order valence-electron chi connectivity index (χ3n) is 3.55. The fraction of sp³-hybridized carbons (Fsp3) is 0.100. The van der Waals surface area contributed by atoms with Crippen LogP contribution >= 0.6 is 24.4 Å². The summed E-state index contributed by atoms with van der Waals surface area (Å²) in [4.78, 5) is 31.6. The van der Waals surface area contributed by atoms with E-state index in [1.165, 1.54) is 34.4 Å². The van der Waals surface area contributed by atoms with Crippen molar-refractivity contribution in [3.63, 3.8) is 0 Å². The van der Waals surface area contributed by atoms with Gasteiger partial charge in [0.05, 0.1) is 17.3 Å². The second-order valence-electron chi connectivity index (χ2n) is 5.96. The van der Waals surface area contributed by atoms with Crippen molar-refractivity contribution in [2.24, 2.45) is 22.4 Å². The van der Waals surface area contributed by atoms with E-state index >= 15 is 0 Å². The van der Waals surface area contributed by atoms with Gasteiger partial charge in [-0.05, 0) is 36.6 Å². The lowest BCUT2D eigenvalue weighted by molar-refractivity contribution is 0.0685. The molecule has 176 valence electrons. The Bertz CT molecular complexity index is 1030. The zero-order valence-electron chi connectivity index (χ0n) is 17.8. The van der Waals surface area contributed by atoms with E-state index < -0.39 is 11.9 Å². The quantitative estimate of drug-likeness (QED) is 0.132. The van der Waals surface area contributed by atoms with E-state index in [9.17, 15) is 14.4 Å². The van der Waals surface area contributed by atoms with E-state index in [1.807, 2.05) is 0 Å². The highest BCUT2D eigenvalue weighted by molar-refractivity contribution is 7.80. The van der Waals surface area contributed by atoms with Crippen molar-refractivity contribution in [2.75, 3.05) is 14.1 Å². The number of aldehydes is 1. The smallest absolute Gasteiger partial charge is 0.336 e. The number of nitrogens with two attached hydrogens (primary N) is 3. The molecule has 0 aliphatic heterocycles. The zero-order chi connectivity index (χ0) is 25.6. The molecule has 13 heteroatoms. The summed E-state index contributed by atoms with van der Waals surface area (Å²) in [5.74, 6) is 2.93. The second kappa shape index (κ2) is 15.0. The van der Waals surface area contributed by atoms with E-state index in [1.54, 1.807) is 44.4 Å². The number of aromatic carboxylic acids is 2. The number of hydrogen-bond acceptors (Lipinski definition) is 7. The van der Waals surface area contributed by atoms with E-state index in [4.69, 9.17) is 39.7 Å². The minimum atomic E-state index is -1.08. The summed E-state index contributed by atoms with van der Waals surface area (Å²) in [6.07, 6.45) is 1.94. The number of carbonyl (C=O) groups is 3. The Kier molecular flexibility index (Phi) is 13.2. The number of nitrogens with zero attached hydrogens (tertiary/aromatic N) is 3. The molecular weight excluding hydrogens is 468 g/mol. The monoisotopic (exact) mass is 492 g/mol. The van der Waals surface area contributed by atoms with E-state index in [2.05, 4.69) is 17.3 Å². The molecular formula is C20H24N6O5S2. The molecule has 2 aromatic carbocycles. The van der Waals surface area contributed by atoms with E-state index in [0.29, 0.717) is 11.8 Å². The first-order valence-electron chi connectivity index (χ1n) is 8.87. The molecule has 11 nitrogen and oxygen atoms in total. The van der Waals surface area contributed by atoms with Gasteiger partial charge in [-0.3, -0.25) is 9.80 Å². The summed E-state index contributed by atoms with van der Waals surface area (Å²) in [5, 5.41) is 24.1. The molecule has 0 bridgehead atoms. The SMILES string of the molecule is CN(/N=C/c1ccccc1C(=O)O)C(N)=S.CN(N)C(N)=S.O=Cc1ccccc1C(=O)O.